The van der Waals surface area contributed by atoms with Crippen molar-refractivity contribution in [3.63, 3.8) is 0 Å². The number of carbonyl (C=O) groups is 2. The van der Waals surface area contributed by atoms with Crippen molar-refractivity contribution >= 4 is 11.9 Å². The molecule has 162 valence electrons. The summed E-state index contributed by atoms with van der Waals surface area (Å²) in [5, 5.41) is 48.8. The van der Waals surface area contributed by atoms with E-state index in [1.54, 1.807) is 24.3 Å². The van der Waals surface area contributed by atoms with Crippen LogP contribution in [-0.2, 0) is 30.4 Å². The van der Waals surface area contributed by atoms with E-state index in [9.17, 15) is 30.0 Å². The van der Waals surface area contributed by atoms with Crippen LogP contribution in [0.3, 0.4) is 0 Å². The Kier molecular flexibility index (Phi) is 8.08. The van der Waals surface area contributed by atoms with Gasteiger partial charge in [0.15, 0.2) is 6.29 Å². The molecule has 1 fully saturated rings. The molecule has 10 nitrogen and oxygen atoms in total. The third-order valence-electron chi connectivity index (χ3n) is 4.39. The van der Waals surface area contributed by atoms with E-state index in [1.807, 2.05) is 6.07 Å². The number of carboxylic acids is 1. The molecular weight excluding hydrogens is 388 g/mol. The Balaban J connectivity index is 1.90. The average molecular weight is 414 g/mol. The van der Waals surface area contributed by atoms with Gasteiger partial charge in [-0.05, 0) is 12.5 Å². The molecule has 1 aromatic carbocycles. The Morgan fingerprint density at radius 2 is 1.72 bits per heavy atom. The Morgan fingerprint density at radius 3 is 2.34 bits per heavy atom. The molecule has 0 aromatic heterocycles. The number of hydrogen-bond acceptors (Lipinski definition) is 9. The van der Waals surface area contributed by atoms with Crippen LogP contribution >= 0.6 is 0 Å². The molecule has 1 aliphatic rings. The van der Waals surface area contributed by atoms with E-state index >= 15 is 0 Å². The standard InChI is InChI=1S/C19H26O10/c1-19(26,7-13(20)21)8-14(22)27-10-12-15(23)16(24)17(25)18(29-12)28-9-11-5-3-2-4-6-11/h2-6,12,15-18,23-26H,7-10H2,1H3,(H,20,21)/t12-,15+,16-,17+,18+,19+/m0/s1. The highest BCUT2D eigenvalue weighted by molar-refractivity contribution is 5.73. The van der Waals surface area contributed by atoms with Gasteiger partial charge in [0.1, 0.15) is 31.0 Å². The molecule has 10 heteroatoms. The lowest BCUT2D eigenvalue weighted by Crippen LogP contribution is -2.59. The summed E-state index contributed by atoms with van der Waals surface area (Å²) in [6, 6.07) is 9.02. The molecule has 1 heterocycles. The zero-order chi connectivity index (χ0) is 21.6. The summed E-state index contributed by atoms with van der Waals surface area (Å²) < 4.78 is 15.8. The Labute approximate surface area is 167 Å². The van der Waals surface area contributed by atoms with Crippen LogP contribution in [0.5, 0.6) is 0 Å². The van der Waals surface area contributed by atoms with E-state index in [0.717, 1.165) is 5.56 Å². The van der Waals surface area contributed by atoms with Gasteiger partial charge in [0, 0.05) is 0 Å². The number of aliphatic hydroxyl groups excluding tert-OH is 3. The molecule has 0 bridgehead atoms. The van der Waals surface area contributed by atoms with Gasteiger partial charge in [-0.1, -0.05) is 30.3 Å². The summed E-state index contributed by atoms with van der Waals surface area (Å²) in [7, 11) is 0. The normalized spacial score (nSPS) is 29.1. The number of carboxylic acid groups (broad SMARTS) is 1. The molecule has 0 saturated carbocycles. The van der Waals surface area contributed by atoms with Crippen LogP contribution in [0.4, 0.5) is 0 Å². The summed E-state index contributed by atoms with van der Waals surface area (Å²) in [4.78, 5) is 22.6. The van der Waals surface area contributed by atoms with Gasteiger partial charge < -0.3 is 39.7 Å². The van der Waals surface area contributed by atoms with Gasteiger partial charge in [-0.2, -0.15) is 0 Å². The lowest BCUT2D eigenvalue weighted by molar-refractivity contribution is -0.304. The minimum atomic E-state index is -1.80. The van der Waals surface area contributed by atoms with E-state index in [1.165, 1.54) is 6.92 Å². The van der Waals surface area contributed by atoms with Gasteiger partial charge >= 0.3 is 11.9 Å². The molecule has 1 aromatic rings. The molecule has 1 aliphatic heterocycles. The number of esters is 1. The van der Waals surface area contributed by atoms with Crippen LogP contribution in [0.15, 0.2) is 30.3 Å². The van der Waals surface area contributed by atoms with Gasteiger partial charge in [0.2, 0.25) is 0 Å². The number of hydrogen-bond donors (Lipinski definition) is 5. The molecule has 0 amide bonds. The maximum atomic E-state index is 11.9. The van der Waals surface area contributed by atoms with Gasteiger partial charge in [0.25, 0.3) is 0 Å². The maximum Gasteiger partial charge on any atom is 0.308 e. The maximum absolute atomic E-state index is 11.9. The Morgan fingerprint density at radius 1 is 1.07 bits per heavy atom. The highest BCUT2D eigenvalue weighted by atomic mass is 16.7. The van der Waals surface area contributed by atoms with Gasteiger partial charge in [-0.25, -0.2) is 0 Å². The first-order valence-electron chi connectivity index (χ1n) is 9.04. The van der Waals surface area contributed by atoms with Crippen molar-refractivity contribution in [2.45, 2.75) is 62.7 Å². The number of benzene rings is 1. The highest BCUT2D eigenvalue weighted by Gasteiger charge is 2.45. The van der Waals surface area contributed by atoms with Gasteiger partial charge in [0.05, 0.1) is 25.0 Å². The molecule has 5 N–H and O–H groups in total. The minimum absolute atomic E-state index is 0.0793. The van der Waals surface area contributed by atoms with E-state index < -0.39 is 67.7 Å². The summed E-state index contributed by atoms with van der Waals surface area (Å²) in [6.45, 7) is 0.774. The number of carbonyl (C=O) groups excluding carboxylic acids is 1. The fourth-order valence-electron chi connectivity index (χ4n) is 2.87. The average Bonchev–Trinajstić information content (AvgIpc) is 2.64. The Bertz CT molecular complexity index is 677. The van der Waals surface area contributed by atoms with Crippen LogP contribution < -0.4 is 0 Å². The highest BCUT2D eigenvalue weighted by Crippen LogP contribution is 2.24. The van der Waals surface area contributed by atoms with Crippen LogP contribution in [0, 0.1) is 0 Å². The number of aliphatic carboxylic acids is 1. The first-order valence-corrected chi connectivity index (χ1v) is 9.04. The van der Waals surface area contributed by atoms with E-state index in [-0.39, 0.29) is 6.61 Å². The summed E-state index contributed by atoms with van der Waals surface area (Å²) in [6.07, 6.45) is -8.35. The lowest BCUT2D eigenvalue weighted by atomic mass is 9.98. The number of rotatable bonds is 9. The third kappa shape index (κ3) is 7.03. The van der Waals surface area contributed by atoms with Gasteiger partial charge in [-0.15, -0.1) is 0 Å². The second-order valence-electron chi connectivity index (χ2n) is 7.24. The lowest BCUT2D eigenvalue weighted by Gasteiger charge is -2.40. The van der Waals surface area contributed by atoms with Crippen molar-refractivity contribution in [3.05, 3.63) is 35.9 Å². The largest absolute Gasteiger partial charge is 0.481 e. The fraction of sp³-hybridized carbons (Fsp3) is 0.579. The fourth-order valence-corrected chi connectivity index (χ4v) is 2.87. The smallest absolute Gasteiger partial charge is 0.308 e. The second-order valence-corrected chi connectivity index (χ2v) is 7.24. The molecule has 2 rings (SSSR count). The van der Waals surface area contributed by atoms with Crippen LogP contribution in [0.2, 0.25) is 0 Å². The van der Waals surface area contributed by atoms with Crippen molar-refractivity contribution in [2.24, 2.45) is 0 Å². The third-order valence-corrected chi connectivity index (χ3v) is 4.39. The topological polar surface area (TPSA) is 163 Å². The molecule has 0 aliphatic carbocycles. The van der Waals surface area contributed by atoms with Crippen LogP contribution in [0.25, 0.3) is 0 Å². The SMILES string of the molecule is C[C@@](O)(CC(=O)O)CC(=O)OC[C@@H]1O[C@@H](OCc2ccccc2)[C@H](O)[C@@H](O)[C@@H]1O. The zero-order valence-electron chi connectivity index (χ0n) is 15.9. The molecule has 0 unspecified atom stereocenters. The second kappa shape index (κ2) is 10.1. The molecule has 6 atom stereocenters. The van der Waals surface area contributed by atoms with Crippen molar-refractivity contribution in [3.8, 4) is 0 Å². The van der Waals surface area contributed by atoms with Crippen LogP contribution in [0.1, 0.15) is 25.3 Å². The van der Waals surface area contributed by atoms with Gasteiger partial charge in [-0.3, -0.25) is 9.59 Å². The van der Waals surface area contributed by atoms with E-state index in [0.29, 0.717) is 0 Å². The van der Waals surface area contributed by atoms with Crippen molar-refractivity contribution in [1.82, 2.24) is 0 Å². The first kappa shape index (κ1) is 23.2. The van der Waals surface area contributed by atoms with E-state index in [2.05, 4.69) is 0 Å². The summed E-state index contributed by atoms with van der Waals surface area (Å²) >= 11 is 0. The van der Waals surface area contributed by atoms with E-state index in [4.69, 9.17) is 19.3 Å². The molecule has 1 saturated heterocycles. The molecule has 0 radical (unpaired) electrons. The van der Waals surface area contributed by atoms with Crippen molar-refractivity contribution in [1.29, 1.82) is 0 Å². The monoisotopic (exact) mass is 414 g/mol. The molecule has 0 spiro atoms. The molecular formula is C19H26O10. The minimum Gasteiger partial charge on any atom is -0.481 e. The van der Waals surface area contributed by atoms with Crippen molar-refractivity contribution in [2.75, 3.05) is 6.61 Å². The molecule has 29 heavy (non-hydrogen) atoms. The predicted molar refractivity (Wildman–Crippen MR) is 96.4 cm³/mol. The number of aliphatic hydroxyl groups is 4. The van der Waals surface area contributed by atoms with Crippen LogP contribution in [-0.4, -0.2) is 80.4 Å². The summed E-state index contributed by atoms with van der Waals surface area (Å²) in [5.74, 6) is -2.18. The summed E-state index contributed by atoms with van der Waals surface area (Å²) in [5.41, 5.74) is -1.00. The first-order chi connectivity index (χ1) is 13.6. The van der Waals surface area contributed by atoms with Crippen molar-refractivity contribution < 1.29 is 49.3 Å². The number of ether oxygens (including phenoxy) is 3. The Hall–Kier alpha value is -2.08. The zero-order valence-corrected chi connectivity index (χ0v) is 15.9. The quantitative estimate of drug-likeness (QED) is 0.322. The predicted octanol–water partition coefficient (Wildman–Crippen LogP) is -0.830.